The fraction of sp³-hybridized carbons (Fsp3) is 0.857. The Bertz CT molecular complexity index is 126. The first kappa shape index (κ1) is 10.4. The Hall–Kier alpha value is -0.610. The molecule has 4 nitrogen and oxygen atoms in total. The maximum Gasteiger partial charge on any atom is 0.319 e. The summed E-state index contributed by atoms with van der Waals surface area (Å²) in [6.45, 7) is 4.13. The number of carbonyl (C=O) groups excluding carboxylic acids is 1. The molecule has 0 aliphatic rings. The van der Waals surface area contributed by atoms with Gasteiger partial charge < -0.3 is 16.2 Å². The zero-order valence-electron chi connectivity index (χ0n) is 7.04. The number of ether oxygens (including phenoxy) is 1. The van der Waals surface area contributed by atoms with Crippen molar-refractivity contribution in [3.8, 4) is 0 Å². The van der Waals surface area contributed by atoms with Crippen LogP contribution in [0.5, 0.6) is 0 Å². The van der Waals surface area contributed by atoms with Gasteiger partial charge in [0.15, 0.2) is 0 Å². The third-order valence-electron chi connectivity index (χ3n) is 1.46. The van der Waals surface area contributed by atoms with Gasteiger partial charge in [-0.05, 0) is 5.92 Å². The molecule has 11 heavy (non-hydrogen) atoms. The van der Waals surface area contributed by atoms with Gasteiger partial charge in [-0.2, -0.15) is 0 Å². The van der Waals surface area contributed by atoms with E-state index in [0.29, 0.717) is 5.92 Å². The third kappa shape index (κ3) is 4.75. The van der Waals surface area contributed by atoms with Crippen molar-refractivity contribution in [3.63, 3.8) is 0 Å². The van der Waals surface area contributed by atoms with Gasteiger partial charge in [0.2, 0.25) is 0 Å². The van der Waals surface area contributed by atoms with Crippen molar-refractivity contribution >= 4 is 5.97 Å². The summed E-state index contributed by atoms with van der Waals surface area (Å²) in [5, 5.41) is 0. The molecule has 66 valence electrons. The van der Waals surface area contributed by atoms with Crippen LogP contribution >= 0.6 is 0 Å². The lowest BCUT2D eigenvalue weighted by molar-refractivity contribution is -0.142. The molecular formula is C7H16N2O2. The van der Waals surface area contributed by atoms with Crippen LogP contribution < -0.4 is 11.5 Å². The van der Waals surface area contributed by atoms with Gasteiger partial charge in [0.1, 0.15) is 6.61 Å². The Kier molecular flexibility index (Phi) is 4.81. The zero-order valence-corrected chi connectivity index (χ0v) is 7.04. The molecule has 0 saturated heterocycles. The van der Waals surface area contributed by atoms with Gasteiger partial charge in [0, 0.05) is 6.04 Å². The molecule has 0 aliphatic carbocycles. The first-order valence-corrected chi connectivity index (χ1v) is 3.69. The van der Waals surface area contributed by atoms with E-state index < -0.39 is 5.97 Å². The van der Waals surface area contributed by atoms with Crippen molar-refractivity contribution < 1.29 is 9.53 Å². The first-order chi connectivity index (χ1) is 5.07. The summed E-state index contributed by atoms with van der Waals surface area (Å²) in [5.74, 6) is -0.0818. The Morgan fingerprint density at radius 2 is 2.09 bits per heavy atom. The van der Waals surface area contributed by atoms with Crippen molar-refractivity contribution in [2.45, 2.75) is 19.9 Å². The highest BCUT2D eigenvalue weighted by molar-refractivity contribution is 5.71. The fourth-order valence-electron chi connectivity index (χ4n) is 0.441. The topological polar surface area (TPSA) is 78.3 Å². The first-order valence-electron chi connectivity index (χ1n) is 3.69. The molecule has 4 heteroatoms. The Morgan fingerprint density at radius 1 is 1.55 bits per heavy atom. The van der Waals surface area contributed by atoms with Gasteiger partial charge in [-0.15, -0.1) is 0 Å². The fourth-order valence-corrected chi connectivity index (χ4v) is 0.441. The summed E-state index contributed by atoms with van der Waals surface area (Å²) < 4.78 is 4.73. The second-order valence-electron chi connectivity index (χ2n) is 2.80. The molecule has 0 fully saturated rings. The molecule has 0 unspecified atom stereocenters. The highest BCUT2D eigenvalue weighted by atomic mass is 16.5. The van der Waals surface area contributed by atoms with E-state index in [0.717, 1.165) is 0 Å². The van der Waals surface area contributed by atoms with Crippen molar-refractivity contribution in [1.82, 2.24) is 0 Å². The zero-order chi connectivity index (χ0) is 8.85. The predicted molar refractivity (Wildman–Crippen MR) is 42.8 cm³/mol. The minimum absolute atomic E-state index is 0.0786. The quantitative estimate of drug-likeness (QED) is 0.542. The third-order valence-corrected chi connectivity index (χ3v) is 1.46. The van der Waals surface area contributed by atoms with Crippen LogP contribution in [-0.4, -0.2) is 25.2 Å². The van der Waals surface area contributed by atoms with Crippen LogP contribution in [0.3, 0.4) is 0 Å². The van der Waals surface area contributed by atoms with Crippen LogP contribution in [0.15, 0.2) is 0 Å². The number of rotatable bonds is 4. The molecule has 0 heterocycles. The summed E-state index contributed by atoms with van der Waals surface area (Å²) in [7, 11) is 0. The second-order valence-corrected chi connectivity index (χ2v) is 2.80. The second kappa shape index (κ2) is 5.09. The lowest BCUT2D eigenvalue weighted by Crippen LogP contribution is -2.33. The SMILES string of the molecule is CC(C)[C@H](N)COC(=O)CN. The van der Waals surface area contributed by atoms with E-state index in [-0.39, 0.29) is 19.2 Å². The van der Waals surface area contributed by atoms with Crippen molar-refractivity contribution in [3.05, 3.63) is 0 Å². The number of carbonyl (C=O) groups is 1. The Labute approximate surface area is 66.9 Å². The largest absolute Gasteiger partial charge is 0.463 e. The lowest BCUT2D eigenvalue weighted by atomic mass is 10.1. The van der Waals surface area contributed by atoms with E-state index >= 15 is 0 Å². The maximum absolute atomic E-state index is 10.5. The Balaban J connectivity index is 3.45. The smallest absolute Gasteiger partial charge is 0.319 e. The van der Waals surface area contributed by atoms with E-state index in [1.165, 1.54) is 0 Å². The van der Waals surface area contributed by atoms with E-state index in [1.807, 2.05) is 13.8 Å². The van der Waals surface area contributed by atoms with E-state index in [9.17, 15) is 4.79 Å². The molecule has 1 atom stereocenters. The minimum atomic E-state index is -0.402. The van der Waals surface area contributed by atoms with E-state index in [2.05, 4.69) is 0 Å². The predicted octanol–water partition coefficient (Wildman–Crippen LogP) is -0.528. The summed E-state index contributed by atoms with van der Waals surface area (Å²) in [5.41, 5.74) is 10.6. The van der Waals surface area contributed by atoms with Crippen LogP contribution in [0.25, 0.3) is 0 Å². The normalized spacial score (nSPS) is 13.2. The Morgan fingerprint density at radius 3 is 2.45 bits per heavy atom. The summed E-state index contributed by atoms with van der Waals surface area (Å²) in [6.07, 6.45) is 0. The molecule has 0 amide bonds. The maximum atomic E-state index is 10.5. The van der Waals surface area contributed by atoms with Gasteiger partial charge >= 0.3 is 5.97 Å². The van der Waals surface area contributed by atoms with Crippen LogP contribution in [0.1, 0.15) is 13.8 Å². The van der Waals surface area contributed by atoms with Crippen LogP contribution in [0.2, 0.25) is 0 Å². The van der Waals surface area contributed by atoms with Crippen LogP contribution in [0.4, 0.5) is 0 Å². The van der Waals surface area contributed by atoms with Gasteiger partial charge in [-0.1, -0.05) is 13.8 Å². The van der Waals surface area contributed by atoms with Crippen molar-refractivity contribution in [2.24, 2.45) is 17.4 Å². The number of nitrogens with two attached hydrogens (primary N) is 2. The molecule has 0 aromatic rings. The lowest BCUT2D eigenvalue weighted by Gasteiger charge is -2.14. The molecule has 0 rings (SSSR count). The molecule has 0 radical (unpaired) electrons. The monoisotopic (exact) mass is 160 g/mol. The van der Waals surface area contributed by atoms with Gasteiger partial charge in [0.25, 0.3) is 0 Å². The molecular weight excluding hydrogens is 144 g/mol. The van der Waals surface area contributed by atoms with E-state index in [4.69, 9.17) is 16.2 Å². The van der Waals surface area contributed by atoms with Gasteiger partial charge in [-0.3, -0.25) is 4.79 Å². The number of hydrogen-bond acceptors (Lipinski definition) is 4. The van der Waals surface area contributed by atoms with Gasteiger partial charge in [0.05, 0.1) is 6.54 Å². The highest BCUT2D eigenvalue weighted by Crippen LogP contribution is 1.97. The summed E-state index contributed by atoms with van der Waals surface area (Å²) in [4.78, 5) is 10.5. The van der Waals surface area contributed by atoms with Crippen LogP contribution in [-0.2, 0) is 9.53 Å². The summed E-state index contributed by atoms with van der Waals surface area (Å²) >= 11 is 0. The molecule has 0 spiro atoms. The minimum Gasteiger partial charge on any atom is -0.463 e. The molecule has 0 saturated carbocycles. The van der Waals surface area contributed by atoms with E-state index in [1.54, 1.807) is 0 Å². The average molecular weight is 160 g/mol. The van der Waals surface area contributed by atoms with Crippen LogP contribution in [0, 0.1) is 5.92 Å². The average Bonchev–Trinajstić information content (AvgIpc) is 1.99. The molecule has 0 aliphatic heterocycles. The molecule has 0 aromatic heterocycles. The molecule has 0 bridgehead atoms. The molecule has 0 aromatic carbocycles. The number of hydrogen-bond donors (Lipinski definition) is 2. The van der Waals surface area contributed by atoms with Crippen molar-refractivity contribution in [1.29, 1.82) is 0 Å². The molecule has 4 N–H and O–H groups in total. The summed E-state index contributed by atoms with van der Waals surface area (Å²) in [6, 6.07) is -0.0921. The number of esters is 1. The standard InChI is InChI=1S/C7H16N2O2/c1-5(2)6(9)4-11-7(10)3-8/h5-6H,3-4,8-9H2,1-2H3/t6-/m1/s1. The van der Waals surface area contributed by atoms with Crippen molar-refractivity contribution in [2.75, 3.05) is 13.2 Å². The highest BCUT2D eigenvalue weighted by Gasteiger charge is 2.09. The van der Waals surface area contributed by atoms with Gasteiger partial charge in [-0.25, -0.2) is 0 Å².